The van der Waals surface area contributed by atoms with E-state index in [1.165, 1.54) is 56.9 Å². The van der Waals surface area contributed by atoms with E-state index in [0.717, 1.165) is 12.0 Å². The van der Waals surface area contributed by atoms with E-state index in [2.05, 4.69) is 25.1 Å². The van der Waals surface area contributed by atoms with Crippen LogP contribution in [0.4, 0.5) is 0 Å². The SMILES string of the molecule is CC1(CCc2cccc(C(O)CCN)c2)CCCCCCC1. The molecule has 0 saturated heterocycles. The summed E-state index contributed by atoms with van der Waals surface area (Å²) < 4.78 is 0. The van der Waals surface area contributed by atoms with Gasteiger partial charge in [-0.25, -0.2) is 0 Å². The third-order valence-corrected chi connectivity index (χ3v) is 5.35. The molecule has 1 aliphatic carbocycles. The zero-order valence-electron chi connectivity index (χ0n) is 14.2. The minimum absolute atomic E-state index is 0.415. The molecule has 1 aromatic carbocycles. The first-order valence-electron chi connectivity index (χ1n) is 9.10. The summed E-state index contributed by atoms with van der Waals surface area (Å²) in [5.74, 6) is 0. The van der Waals surface area contributed by atoms with E-state index in [4.69, 9.17) is 5.73 Å². The van der Waals surface area contributed by atoms with Crippen LogP contribution in [-0.2, 0) is 6.42 Å². The number of hydrogen-bond donors (Lipinski definition) is 2. The lowest BCUT2D eigenvalue weighted by molar-refractivity contribution is 0.170. The minimum Gasteiger partial charge on any atom is -0.388 e. The number of hydrogen-bond acceptors (Lipinski definition) is 2. The second kappa shape index (κ2) is 8.69. The van der Waals surface area contributed by atoms with Crippen LogP contribution < -0.4 is 5.73 Å². The molecule has 1 aromatic rings. The molecule has 0 aliphatic heterocycles. The molecule has 2 nitrogen and oxygen atoms in total. The highest BCUT2D eigenvalue weighted by Gasteiger charge is 2.24. The van der Waals surface area contributed by atoms with Crippen molar-refractivity contribution in [3.05, 3.63) is 35.4 Å². The first kappa shape index (κ1) is 17.5. The quantitative estimate of drug-likeness (QED) is 0.796. The van der Waals surface area contributed by atoms with Gasteiger partial charge in [0.1, 0.15) is 0 Å². The summed E-state index contributed by atoms with van der Waals surface area (Å²) in [5, 5.41) is 10.1. The Hall–Kier alpha value is -0.860. The van der Waals surface area contributed by atoms with Gasteiger partial charge >= 0.3 is 0 Å². The Balaban J connectivity index is 1.93. The highest BCUT2D eigenvalue weighted by molar-refractivity contribution is 5.25. The van der Waals surface area contributed by atoms with Gasteiger partial charge in [0.25, 0.3) is 0 Å². The largest absolute Gasteiger partial charge is 0.388 e. The Bertz CT molecular complexity index is 435. The van der Waals surface area contributed by atoms with Crippen LogP contribution in [0.3, 0.4) is 0 Å². The summed E-state index contributed by atoms with van der Waals surface area (Å²) in [6.07, 6.45) is 12.4. The van der Waals surface area contributed by atoms with Crippen molar-refractivity contribution in [3.8, 4) is 0 Å². The molecule has 3 N–H and O–H groups in total. The highest BCUT2D eigenvalue weighted by atomic mass is 16.3. The van der Waals surface area contributed by atoms with Gasteiger partial charge in [-0.1, -0.05) is 63.3 Å². The average molecular weight is 303 g/mol. The molecule has 1 saturated carbocycles. The zero-order valence-corrected chi connectivity index (χ0v) is 14.2. The van der Waals surface area contributed by atoms with Crippen molar-refractivity contribution in [2.75, 3.05) is 6.54 Å². The van der Waals surface area contributed by atoms with Crippen LogP contribution in [0.2, 0.25) is 0 Å². The topological polar surface area (TPSA) is 46.2 Å². The Morgan fingerprint density at radius 2 is 1.82 bits per heavy atom. The number of aryl methyl sites for hydroxylation is 1. The average Bonchev–Trinajstić information content (AvgIpc) is 2.50. The van der Waals surface area contributed by atoms with Crippen LogP contribution in [0.25, 0.3) is 0 Å². The number of aliphatic hydroxyl groups is 1. The van der Waals surface area contributed by atoms with Gasteiger partial charge in [-0.05, 0) is 55.2 Å². The lowest BCUT2D eigenvalue weighted by atomic mass is 9.74. The molecule has 2 rings (SSSR count). The molecule has 0 spiro atoms. The van der Waals surface area contributed by atoms with Gasteiger partial charge in [0.2, 0.25) is 0 Å². The van der Waals surface area contributed by atoms with E-state index in [-0.39, 0.29) is 0 Å². The van der Waals surface area contributed by atoms with Gasteiger partial charge in [0.15, 0.2) is 0 Å². The minimum atomic E-state index is -0.415. The first-order chi connectivity index (χ1) is 10.6. The maximum absolute atomic E-state index is 10.1. The van der Waals surface area contributed by atoms with Gasteiger partial charge in [-0.2, -0.15) is 0 Å². The Morgan fingerprint density at radius 3 is 2.50 bits per heavy atom. The van der Waals surface area contributed by atoms with Crippen LogP contribution in [0.1, 0.15) is 81.9 Å². The fourth-order valence-corrected chi connectivity index (χ4v) is 3.74. The second-order valence-corrected chi connectivity index (χ2v) is 7.42. The highest BCUT2D eigenvalue weighted by Crippen LogP contribution is 2.37. The zero-order chi connectivity index (χ0) is 15.8. The summed E-state index contributed by atoms with van der Waals surface area (Å²) in [4.78, 5) is 0. The van der Waals surface area contributed by atoms with Crippen LogP contribution >= 0.6 is 0 Å². The molecule has 1 atom stereocenters. The molecule has 0 bridgehead atoms. The van der Waals surface area contributed by atoms with E-state index in [1.807, 2.05) is 6.07 Å². The third kappa shape index (κ3) is 5.40. The molecule has 1 fully saturated rings. The van der Waals surface area contributed by atoms with Crippen LogP contribution in [-0.4, -0.2) is 11.7 Å². The molecular formula is C20H33NO. The maximum Gasteiger partial charge on any atom is 0.0802 e. The predicted molar refractivity (Wildman–Crippen MR) is 93.8 cm³/mol. The summed E-state index contributed by atoms with van der Waals surface area (Å²) >= 11 is 0. The lowest BCUT2D eigenvalue weighted by Gasteiger charge is -2.31. The summed E-state index contributed by atoms with van der Waals surface area (Å²) in [5.41, 5.74) is 8.43. The van der Waals surface area contributed by atoms with Crippen molar-refractivity contribution in [3.63, 3.8) is 0 Å². The van der Waals surface area contributed by atoms with Crippen LogP contribution in [0.5, 0.6) is 0 Å². The standard InChI is InChI=1S/C20H33NO/c1-20(12-5-3-2-4-6-13-20)14-10-17-8-7-9-18(16-17)19(22)11-15-21/h7-9,16,19,22H,2-6,10-15,21H2,1H3. The summed E-state index contributed by atoms with van der Waals surface area (Å²) in [6, 6.07) is 8.46. The van der Waals surface area contributed by atoms with Gasteiger partial charge < -0.3 is 10.8 Å². The normalized spacial score (nSPS) is 20.1. The molecule has 22 heavy (non-hydrogen) atoms. The van der Waals surface area contributed by atoms with Crippen molar-refractivity contribution < 1.29 is 5.11 Å². The van der Waals surface area contributed by atoms with Gasteiger partial charge in [-0.15, -0.1) is 0 Å². The van der Waals surface area contributed by atoms with Crippen LogP contribution in [0.15, 0.2) is 24.3 Å². The second-order valence-electron chi connectivity index (χ2n) is 7.42. The predicted octanol–water partition coefficient (Wildman–Crippen LogP) is 4.75. The molecule has 1 unspecified atom stereocenters. The third-order valence-electron chi connectivity index (χ3n) is 5.35. The van der Waals surface area contributed by atoms with Gasteiger partial charge in [0, 0.05) is 0 Å². The molecule has 1 aliphatic rings. The first-order valence-corrected chi connectivity index (χ1v) is 9.10. The van der Waals surface area contributed by atoms with Crippen molar-refractivity contribution in [1.82, 2.24) is 0 Å². The molecule has 0 heterocycles. The van der Waals surface area contributed by atoms with Crippen molar-refractivity contribution in [1.29, 1.82) is 0 Å². The van der Waals surface area contributed by atoms with E-state index < -0.39 is 6.10 Å². The maximum atomic E-state index is 10.1. The lowest BCUT2D eigenvalue weighted by Crippen LogP contribution is -2.19. The molecule has 0 amide bonds. The van der Waals surface area contributed by atoms with E-state index in [9.17, 15) is 5.11 Å². The van der Waals surface area contributed by atoms with E-state index >= 15 is 0 Å². The van der Waals surface area contributed by atoms with Crippen molar-refractivity contribution in [2.45, 2.75) is 77.2 Å². The summed E-state index contributed by atoms with van der Waals surface area (Å²) in [7, 11) is 0. The molecule has 0 aromatic heterocycles. The number of nitrogens with two attached hydrogens (primary N) is 1. The Kier molecular flexibility index (Phi) is 6.91. The van der Waals surface area contributed by atoms with Crippen molar-refractivity contribution >= 4 is 0 Å². The summed E-state index contributed by atoms with van der Waals surface area (Å²) in [6.45, 7) is 3.01. The number of aliphatic hydroxyl groups excluding tert-OH is 1. The van der Waals surface area contributed by atoms with Crippen molar-refractivity contribution in [2.24, 2.45) is 11.1 Å². The fraction of sp³-hybridized carbons (Fsp3) is 0.700. The Morgan fingerprint density at radius 1 is 1.14 bits per heavy atom. The molecule has 0 radical (unpaired) electrons. The number of rotatable bonds is 6. The Labute approximate surface area is 136 Å². The number of benzene rings is 1. The molecule has 2 heteroatoms. The smallest absolute Gasteiger partial charge is 0.0802 e. The molecular weight excluding hydrogens is 270 g/mol. The molecule has 124 valence electrons. The van der Waals surface area contributed by atoms with Gasteiger partial charge in [-0.3, -0.25) is 0 Å². The van der Waals surface area contributed by atoms with E-state index in [0.29, 0.717) is 18.4 Å². The van der Waals surface area contributed by atoms with Crippen LogP contribution in [0, 0.1) is 5.41 Å². The monoisotopic (exact) mass is 303 g/mol. The van der Waals surface area contributed by atoms with Gasteiger partial charge in [0.05, 0.1) is 6.10 Å². The van der Waals surface area contributed by atoms with E-state index in [1.54, 1.807) is 0 Å². The fourth-order valence-electron chi connectivity index (χ4n) is 3.74.